The molecule has 2 N–H and O–H groups in total. The standard InChI is InChI=1S/C27H48NO6P/c1-3-5-6-7-8-9-10-11-12-13-15-25-16-18-26(19-17-25)31-22-27(32-24-29)23-34-35(30)33-21-14-20-28-4-2/h16-19,24,27-28,30H,3-15,20-23H2,1-2H3. The molecule has 0 amide bonds. The highest BCUT2D eigenvalue weighted by Crippen LogP contribution is 2.33. The van der Waals surface area contributed by atoms with Gasteiger partial charge >= 0.3 is 8.60 Å². The topological polar surface area (TPSA) is 86.2 Å². The van der Waals surface area contributed by atoms with E-state index in [1.54, 1.807) is 0 Å². The maximum atomic E-state index is 10.8. The number of nitrogens with one attached hydrogen (secondary N) is 1. The number of rotatable bonds is 25. The Morgan fingerprint density at radius 1 is 0.886 bits per heavy atom. The number of hydrogen-bond donors (Lipinski definition) is 2. The van der Waals surface area contributed by atoms with Crippen molar-refractivity contribution in [3.63, 3.8) is 0 Å². The molecule has 0 saturated heterocycles. The van der Waals surface area contributed by atoms with Crippen LogP contribution < -0.4 is 10.1 Å². The summed E-state index contributed by atoms with van der Waals surface area (Å²) in [6, 6.07) is 8.06. The minimum absolute atomic E-state index is 0.00494. The lowest BCUT2D eigenvalue weighted by Crippen LogP contribution is -2.26. The summed E-state index contributed by atoms with van der Waals surface area (Å²) in [6.45, 7) is 6.93. The SMILES string of the molecule is CCCCCCCCCCCCc1ccc(OCC(COP(O)OCCCNCC)OC=O)cc1. The Balaban J connectivity index is 2.17. The van der Waals surface area contributed by atoms with Gasteiger partial charge in [-0.3, -0.25) is 4.79 Å². The number of carbonyl (C=O) groups is 1. The molecular formula is C27H48NO6P. The molecule has 8 heteroatoms. The van der Waals surface area contributed by atoms with Crippen LogP contribution in [0.1, 0.15) is 90.0 Å². The summed E-state index contributed by atoms with van der Waals surface area (Å²) < 4.78 is 21.3. The molecule has 202 valence electrons. The van der Waals surface area contributed by atoms with Crippen molar-refractivity contribution in [3.05, 3.63) is 29.8 Å². The minimum Gasteiger partial charge on any atom is -0.490 e. The van der Waals surface area contributed by atoms with E-state index in [1.165, 1.54) is 69.8 Å². The minimum atomic E-state index is -2.01. The normalized spacial score (nSPS) is 12.9. The molecule has 35 heavy (non-hydrogen) atoms. The first-order valence-electron chi connectivity index (χ1n) is 13.5. The van der Waals surface area contributed by atoms with Gasteiger partial charge in [-0.2, -0.15) is 0 Å². The number of carbonyl (C=O) groups excluding carboxylic acids is 1. The van der Waals surface area contributed by atoms with Crippen LogP contribution in [0, 0.1) is 0 Å². The van der Waals surface area contributed by atoms with Gasteiger partial charge in [0, 0.05) is 0 Å². The summed E-state index contributed by atoms with van der Waals surface area (Å²) in [4.78, 5) is 20.6. The number of hydrogen-bond acceptors (Lipinski definition) is 7. The molecular weight excluding hydrogens is 465 g/mol. The summed E-state index contributed by atoms with van der Waals surface area (Å²) in [5.74, 6) is 0.710. The summed E-state index contributed by atoms with van der Waals surface area (Å²) >= 11 is 0. The third-order valence-electron chi connectivity index (χ3n) is 5.75. The first-order valence-corrected chi connectivity index (χ1v) is 14.6. The van der Waals surface area contributed by atoms with Gasteiger partial charge in [-0.05, 0) is 50.0 Å². The second-order valence-corrected chi connectivity index (χ2v) is 9.81. The van der Waals surface area contributed by atoms with Gasteiger partial charge in [0.1, 0.15) is 12.4 Å². The second kappa shape index (κ2) is 23.2. The zero-order valence-corrected chi connectivity index (χ0v) is 22.8. The highest BCUT2D eigenvalue weighted by atomic mass is 31.2. The number of aryl methyl sites for hydroxylation is 1. The predicted molar refractivity (Wildman–Crippen MR) is 143 cm³/mol. The largest absolute Gasteiger partial charge is 0.490 e. The van der Waals surface area contributed by atoms with Crippen LogP contribution in [0.25, 0.3) is 0 Å². The van der Waals surface area contributed by atoms with Gasteiger partial charge in [0.2, 0.25) is 0 Å². The highest BCUT2D eigenvalue weighted by molar-refractivity contribution is 7.40. The van der Waals surface area contributed by atoms with Crippen LogP contribution in [-0.2, 0) is 25.0 Å². The van der Waals surface area contributed by atoms with E-state index < -0.39 is 14.7 Å². The average Bonchev–Trinajstić information content (AvgIpc) is 2.87. The fourth-order valence-electron chi connectivity index (χ4n) is 3.66. The molecule has 7 nitrogen and oxygen atoms in total. The first-order chi connectivity index (χ1) is 17.2. The van der Waals surface area contributed by atoms with E-state index in [0.29, 0.717) is 18.8 Å². The molecule has 0 heterocycles. The Morgan fingerprint density at radius 3 is 2.17 bits per heavy atom. The number of benzene rings is 1. The lowest BCUT2D eigenvalue weighted by Gasteiger charge is -2.18. The molecule has 2 unspecified atom stereocenters. The fraction of sp³-hybridized carbons (Fsp3) is 0.741. The molecule has 0 saturated carbocycles. The molecule has 0 aliphatic rings. The van der Waals surface area contributed by atoms with Crippen molar-refractivity contribution in [2.24, 2.45) is 0 Å². The van der Waals surface area contributed by atoms with Crippen molar-refractivity contribution in [1.82, 2.24) is 5.32 Å². The van der Waals surface area contributed by atoms with Gasteiger partial charge < -0.3 is 28.7 Å². The highest BCUT2D eigenvalue weighted by Gasteiger charge is 2.15. The fourth-order valence-corrected chi connectivity index (χ4v) is 4.32. The molecule has 0 aliphatic carbocycles. The van der Waals surface area contributed by atoms with E-state index in [4.69, 9.17) is 18.5 Å². The molecule has 1 aromatic rings. The molecule has 1 aromatic carbocycles. The van der Waals surface area contributed by atoms with Crippen LogP contribution in [0.15, 0.2) is 24.3 Å². The van der Waals surface area contributed by atoms with Crippen molar-refractivity contribution in [3.8, 4) is 5.75 Å². The Hall–Kier alpha value is -1.24. The summed E-state index contributed by atoms with van der Waals surface area (Å²) in [5, 5.41) is 3.18. The van der Waals surface area contributed by atoms with E-state index in [-0.39, 0.29) is 13.2 Å². The molecule has 0 spiro atoms. The van der Waals surface area contributed by atoms with Gasteiger partial charge in [-0.1, -0.05) is 83.8 Å². The number of ether oxygens (including phenoxy) is 2. The van der Waals surface area contributed by atoms with Crippen molar-refractivity contribution in [2.45, 2.75) is 97.0 Å². The quantitative estimate of drug-likeness (QED) is 0.0898. The summed E-state index contributed by atoms with van der Waals surface area (Å²) in [7, 11) is -2.01. The van der Waals surface area contributed by atoms with Crippen LogP contribution in [0.4, 0.5) is 0 Å². The molecule has 0 fully saturated rings. The van der Waals surface area contributed by atoms with Crippen molar-refractivity contribution in [1.29, 1.82) is 0 Å². The Bertz CT molecular complexity index is 604. The Labute approximate surface area is 214 Å². The van der Waals surface area contributed by atoms with Crippen molar-refractivity contribution in [2.75, 3.05) is 32.9 Å². The van der Waals surface area contributed by atoms with Crippen LogP contribution in [0.3, 0.4) is 0 Å². The van der Waals surface area contributed by atoms with Crippen molar-refractivity contribution < 1.29 is 28.2 Å². The van der Waals surface area contributed by atoms with Crippen molar-refractivity contribution >= 4 is 15.1 Å². The molecule has 0 aromatic heterocycles. The predicted octanol–water partition coefficient (Wildman–Crippen LogP) is 6.32. The summed E-state index contributed by atoms with van der Waals surface area (Å²) in [5.41, 5.74) is 1.30. The van der Waals surface area contributed by atoms with E-state index in [1.807, 2.05) is 19.1 Å². The molecule has 0 radical (unpaired) electrons. The smallest absolute Gasteiger partial charge is 0.329 e. The monoisotopic (exact) mass is 513 g/mol. The lowest BCUT2D eigenvalue weighted by atomic mass is 10.0. The van der Waals surface area contributed by atoms with Gasteiger partial charge in [-0.25, -0.2) is 0 Å². The maximum Gasteiger partial charge on any atom is 0.329 e. The van der Waals surface area contributed by atoms with E-state index in [0.717, 1.165) is 25.9 Å². The van der Waals surface area contributed by atoms with E-state index in [9.17, 15) is 9.69 Å². The summed E-state index contributed by atoms with van der Waals surface area (Å²) in [6.07, 6.45) is 14.7. The third-order valence-corrected chi connectivity index (χ3v) is 6.52. The second-order valence-electron chi connectivity index (χ2n) is 8.82. The van der Waals surface area contributed by atoms with E-state index >= 15 is 0 Å². The molecule has 0 aliphatic heterocycles. The van der Waals surface area contributed by atoms with Gasteiger partial charge in [-0.15, -0.1) is 0 Å². The lowest BCUT2D eigenvalue weighted by molar-refractivity contribution is -0.136. The van der Waals surface area contributed by atoms with Gasteiger partial charge in [0.15, 0.2) is 6.10 Å². The van der Waals surface area contributed by atoms with Gasteiger partial charge in [0.25, 0.3) is 6.47 Å². The first kappa shape index (κ1) is 31.8. The Kier molecular flexibility index (Phi) is 21.1. The molecule has 2 atom stereocenters. The zero-order chi connectivity index (χ0) is 25.4. The molecule has 0 bridgehead atoms. The third kappa shape index (κ3) is 18.7. The van der Waals surface area contributed by atoms with Crippen LogP contribution in [0.2, 0.25) is 0 Å². The number of unbranched alkanes of at least 4 members (excludes halogenated alkanes) is 9. The molecule has 1 rings (SSSR count). The average molecular weight is 514 g/mol. The van der Waals surface area contributed by atoms with Crippen LogP contribution >= 0.6 is 8.60 Å². The Morgan fingerprint density at radius 2 is 1.54 bits per heavy atom. The van der Waals surface area contributed by atoms with Crippen LogP contribution in [0.5, 0.6) is 5.75 Å². The van der Waals surface area contributed by atoms with E-state index in [2.05, 4.69) is 24.4 Å². The maximum absolute atomic E-state index is 10.8. The van der Waals surface area contributed by atoms with Gasteiger partial charge in [0.05, 0.1) is 13.2 Å². The zero-order valence-electron chi connectivity index (χ0n) is 21.9. The van der Waals surface area contributed by atoms with Crippen LogP contribution in [-0.4, -0.2) is 50.4 Å².